The maximum Gasteiger partial charge on any atom is 0.170 e. The zero-order valence-corrected chi connectivity index (χ0v) is 13.4. The summed E-state index contributed by atoms with van der Waals surface area (Å²) >= 11 is 0. The van der Waals surface area contributed by atoms with Gasteiger partial charge in [-0.25, -0.2) is 0 Å². The molecule has 0 aliphatic carbocycles. The topological polar surface area (TPSA) is 43.6 Å². The van der Waals surface area contributed by atoms with E-state index < -0.39 is 0 Å². The number of hydrogen-bond donors (Lipinski definition) is 0. The largest absolute Gasteiger partial charge is 0.278 e. The average Bonchev–Trinajstić information content (AvgIpc) is 2.93. The van der Waals surface area contributed by atoms with E-state index in [1.807, 2.05) is 18.3 Å². The highest BCUT2D eigenvalue weighted by atomic mass is 15.3. The molecule has 3 aromatic rings. The van der Waals surface area contributed by atoms with Gasteiger partial charge in [0.25, 0.3) is 0 Å². The zero-order valence-electron chi connectivity index (χ0n) is 13.4. The first kappa shape index (κ1) is 14.4. The van der Waals surface area contributed by atoms with Crippen molar-refractivity contribution in [3.05, 3.63) is 59.7 Å². The third-order valence-corrected chi connectivity index (χ3v) is 3.79. The number of hydrogen-bond acceptors (Lipinski definition) is 3. The van der Waals surface area contributed by atoms with E-state index in [-0.39, 0.29) is 5.92 Å². The summed E-state index contributed by atoms with van der Waals surface area (Å²) in [4.78, 5) is 4.21. The van der Waals surface area contributed by atoms with Gasteiger partial charge in [0, 0.05) is 23.9 Å². The standard InChI is InChI=1S/C18H20N4/c1-12(2)17-20-21-18(15-9-6-10-19-11-15)22(17)16-13(3)7-5-8-14(16)4/h5-12H,1-4H3. The molecule has 0 amide bonds. The van der Waals surface area contributed by atoms with Crippen molar-refractivity contribution in [2.24, 2.45) is 0 Å². The van der Waals surface area contributed by atoms with Gasteiger partial charge < -0.3 is 0 Å². The molecule has 0 atom stereocenters. The molecule has 1 aromatic carbocycles. The Morgan fingerprint density at radius 1 is 0.955 bits per heavy atom. The minimum absolute atomic E-state index is 0.289. The lowest BCUT2D eigenvalue weighted by Crippen LogP contribution is -2.08. The second-order valence-corrected chi connectivity index (χ2v) is 5.85. The molecule has 3 rings (SSSR count). The minimum atomic E-state index is 0.289. The van der Waals surface area contributed by atoms with E-state index in [4.69, 9.17) is 0 Å². The number of pyridine rings is 1. The first-order valence-electron chi connectivity index (χ1n) is 7.52. The summed E-state index contributed by atoms with van der Waals surface area (Å²) in [7, 11) is 0. The predicted octanol–water partition coefficient (Wildman–Crippen LogP) is 4.07. The maximum atomic E-state index is 4.44. The lowest BCUT2D eigenvalue weighted by atomic mass is 10.1. The molecule has 2 heterocycles. The molecule has 0 radical (unpaired) electrons. The second-order valence-electron chi connectivity index (χ2n) is 5.85. The van der Waals surface area contributed by atoms with Crippen molar-refractivity contribution in [2.45, 2.75) is 33.6 Å². The molecule has 0 fully saturated rings. The second kappa shape index (κ2) is 5.72. The molecule has 0 unspecified atom stereocenters. The van der Waals surface area contributed by atoms with Gasteiger partial charge in [-0.2, -0.15) is 0 Å². The van der Waals surface area contributed by atoms with Crippen molar-refractivity contribution >= 4 is 0 Å². The van der Waals surface area contributed by atoms with Crippen molar-refractivity contribution in [3.63, 3.8) is 0 Å². The summed E-state index contributed by atoms with van der Waals surface area (Å²) in [5.74, 6) is 2.10. The Kier molecular flexibility index (Phi) is 3.75. The van der Waals surface area contributed by atoms with Crippen LogP contribution in [0.5, 0.6) is 0 Å². The van der Waals surface area contributed by atoms with Gasteiger partial charge in [-0.05, 0) is 37.1 Å². The number of aromatic nitrogens is 4. The van der Waals surface area contributed by atoms with Crippen LogP contribution in [0.1, 0.15) is 36.7 Å². The predicted molar refractivity (Wildman–Crippen MR) is 88.2 cm³/mol. The van der Waals surface area contributed by atoms with Gasteiger partial charge in [0.05, 0.1) is 5.69 Å². The molecule has 0 N–H and O–H groups in total. The molecule has 0 spiro atoms. The average molecular weight is 292 g/mol. The van der Waals surface area contributed by atoms with Gasteiger partial charge in [-0.3, -0.25) is 9.55 Å². The Morgan fingerprint density at radius 2 is 1.68 bits per heavy atom. The van der Waals surface area contributed by atoms with Gasteiger partial charge >= 0.3 is 0 Å². The van der Waals surface area contributed by atoms with Crippen LogP contribution in [0.15, 0.2) is 42.7 Å². The van der Waals surface area contributed by atoms with Crippen LogP contribution < -0.4 is 0 Å². The van der Waals surface area contributed by atoms with Gasteiger partial charge in [0.15, 0.2) is 5.82 Å². The normalized spacial score (nSPS) is 11.1. The van der Waals surface area contributed by atoms with Crippen molar-refractivity contribution in [1.82, 2.24) is 19.7 Å². The summed E-state index contributed by atoms with van der Waals surface area (Å²) in [5, 5.41) is 8.88. The number of rotatable bonds is 3. The molecule has 0 aliphatic heterocycles. The molecule has 2 aromatic heterocycles. The van der Waals surface area contributed by atoms with E-state index >= 15 is 0 Å². The Hall–Kier alpha value is -2.49. The highest BCUT2D eigenvalue weighted by molar-refractivity contribution is 5.60. The third-order valence-electron chi connectivity index (χ3n) is 3.79. The van der Waals surface area contributed by atoms with E-state index in [1.54, 1.807) is 6.20 Å². The molecule has 4 heteroatoms. The minimum Gasteiger partial charge on any atom is -0.278 e. The van der Waals surface area contributed by atoms with Crippen molar-refractivity contribution in [3.8, 4) is 17.1 Å². The summed E-state index contributed by atoms with van der Waals surface area (Å²) in [6.07, 6.45) is 3.60. The number of benzene rings is 1. The Labute approximate surface area is 130 Å². The molecule has 0 aliphatic rings. The highest BCUT2D eigenvalue weighted by Gasteiger charge is 2.20. The quantitative estimate of drug-likeness (QED) is 0.731. The molecule has 0 saturated carbocycles. The monoisotopic (exact) mass is 292 g/mol. The molecule has 0 bridgehead atoms. The highest BCUT2D eigenvalue weighted by Crippen LogP contribution is 2.29. The zero-order chi connectivity index (χ0) is 15.7. The van der Waals surface area contributed by atoms with Crippen LogP contribution in [0, 0.1) is 13.8 Å². The molecule has 4 nitrogen and oxygen atoms in total. The number of para-hydroxylation sites is 1. The summed E-state index contributed by atoms with van der Waals surface area (Å²) in [6, 6.07) is 10.3. The molecular weight excluding hydrogens is 272 g/mol. The van der Waals surface area contributed by atoms with E-state index in [0.717, 1.165) is 22.9 Å². The number of nitrogens with zero attached hydrogens (tertiary/aromatic N) is 4. The van der Waals surface area contributed by atoms with Crippen LogP contribution in [0.3, 0.4) is 0 Å². The van der Waals surface area contributed by atoms with Crippen LogP contribution in [0.4, 0.5) is 0 Å². The van der Waals surface area contributed by atoms with Crippen LogP contribution in [0.25, 0.3) is 17.1 Å². The van der Waals surface area contributed by atoms with Crippen LogP contribution >= 0.6 is 0 Å². The Morgan fingerprint density at radius 3 is 2.27 bits per heavy atom. The van der Waals surface area contributed by atoms with Crippen LogP contribution in [0.2, 0.25) is 0 Å². The summed E-state index contributed by atoms with van der Waals surface area (Å²) < 4.78 is 2.17. The fourth-order valence-corrected chi connectivity index (χ4v) is 2.73. The first-order valence-corrected chi connectivity index (χ1v) is 7.52. The smallest absolute Gasteiger partial charge is 0.170 e. The lowest BCUT2D eigenvalue weighted by molar-refractivity contribution is 0.743. The first-order chi connectivity index (χ1) is 10.6. The van der Waals surface area contributed by atoms with E-state index in [1.165, 1.54) is 11.1 Å². The summed E-state index contributed by atoms with van der Waals surface area (Å²) in [6.45, 7) is 8.53. The van der Waals surface area contributed by atoms with Gasteiger partial charge in [0.1, 0.15) is 5.82 Å². The molecule has 22 heavy (non-hydrogen) atoms. The fraction of sp³-hybridized carbons (Fsp3) is 0.278. The number of aryl methyl sites for hydroxylation is 2. The van der Waals surface area contributed by atoms with Crippen molar-refractivity contribution in [2.75, 3.05) is 0 Å². The van der Waals surface area contributed by atoms with Gasteiger partial charge in [-0.1, -0.05) is 32.0 Å². The van der Waals surface area contributed by atoms with Crippen molar-refractivity contribution in [1.29, 1.82) is 0 Å². The van der Waals surface area contributed by atoms with E-state index in [9.17, 15) is 0 Å². The van der Waals surface area contributed by atoms with Crippen molar-refractivity contribution < 1.29 is 0 Å². The van der Waals surface area contributed by atoms with Crippen LogP contribution in [-0.2, 0) is 0 Å². The maximum absolute atomic E-state index is 4.44. The molecule has 112 valence electrons. The van der Waals surface area contributed by atoms with E-state index in [0.29, 0.717) is 0 Å². The SMILES string of the molecule is Cc1cccc(C)c1-n1c(-c2cccnc2)nnc1C(C)C. The Balaban J connectivity index is 2.32. The third kappa shape index (κ3) is 2.41. The Bertz CT molecular complexity index is 768. The summed E-state index contributed by atoms with van der Waals surface area (Å²) in [5.41, 5.74) is 4.57. The van der Waals surface area contributed by atoms with Gasteiger partial charge in [0.2, 0.25) is 0 Å². The van der Waals surface area contributed by atoms with Crippen LogP contribution in [-0.4, -0.2) is 19.7 Å². The molecular formula is C18H20N4. The van der Waals surface area contributed by atoms with Gasteiger partial charge in [-0.15, -0.1) is 10.2 Å². The fourth-order valence-electron chi connectivity index (χ4n) is 2.73. The van der Waals surface area contributed by atoms with E-state index in [2.05, 4.69) is 65.6 Å². The molecule has 0 saturated heterocycles. The lowest BCUT2D eigenvalue weighted by Gasteiger charge is -2.17.